The minimum Gasteiger partial charge on any atom is -0.483 e. The molecule has 1 unspecified atom stereocenters. The molecule has 0 saturated carbocycles. The number of amides is 1. The van der Waals surface area contributed by atoms with Gasteiger partial charge in [-0.05, 0) is 43.0 Å². The molecule has 1 aromatic heterocycles. The molecule has 0 aliphatic heterocycles. The molecule has 0 aliphatic rings. The molecular weight excluding hydrogens is 432 g/mol. The third-order valence-electron chi connectivity index (χ3n) is 5.22. The Morgan fingerprint density at radius 2 is 1.82 bits per heavy atom. The monoisotopic (exact) mass is 464 g/mol. The van der Waals surface area contributed by atoms with Crippen LogP contribution in [-0.4, -0.2) is 26.4 Å². The number of thioether (sulfide) groups is 1. The van der Waals surface area contributed by atoms with Gasteiger partial charge in [-0.3, -0.25) is 9.36 Å². The third kappa shape index (κ3) is 6.96. The van der Waals surface area contributed by atoms with Crippen molar-refractivity contribution < 1.29 is 9.53 Å². The van der Waals surface area contributed by atoms with E-state index in [4.69, 9.17) is 4.74 Å². The van der Waals surface area contributed by atoms with E-state index in [1.807, 2.05) is 54.8 Å². The van der Waals surface area contributed by atoms with Crippen LogP contribution in [0.25, 0.3) is 0 Å². The second-order valence-electron chi connectivity index (χ2n) is 8.27. The van der Waals surface area contributed by atoms with Crippen molar-refractivity contribution in [1.82, 2.24) is 20.1 Å². The molecule has 1 N–H and O–H groups in total. The summed E-state index contributed by atoms with van der Waals surface area (Å²) in [7, 11) is 0. The number of ether oxygens (including phenoxy) is 1. The molecule has 0 spiro atoms. The van der Waals surface area contributed by atoms with E-state index in [0.29, 0.717) is 30.0 Å². The molecule has 1 amide bonds. The van der Waals surface area contributed by atoms with Crippen LogP contribution in [-0.2, 0) is 17.9 Å². The summed E-state index contributed by atoms with van der Waals surface area (Å²) in [4.78, 5) is 12.3. The van der Waals surface area contributed by atoms with Gasteiger partial charge in [-0.2, -0.15) is 0 Å². The molecule has 1 atom stereocenters. The normalized spacial score (nSPS) is 11.9. The molecule has 174 valence electrons. The lowest BCUT2D eigenvalue weighted by atomic mass is 10.0. The first-order valence-corrected chi connectivity index (χ1v) is 12.1. The van der Waals surface area contributed by atoms with Crippen LogP contribution >= 0.6 is 11.8 Å². The highest BCUT2D eigenvalue weighted by atomic mass is 32.2. The first-order valence-electron chi connectivity index (χ1n) is 11.1. The molecule has 7 heteroatoms. The van der Waals surface area contributed by atoms with Crippen molar-refractivity contribution in [3.05, 3.63) is 83.7 Å². The molecule has 1 heterocycles. The van der Waals surface area contributed by atoms with Crippen LogP contribution in [0, 0.1) is 6.92 Å². The first kappa shape index (κ1) is 24.6. The van der Waals surface area contributed by atoms with Crippen LogP contribution in [0.1, 0.15) is 55.3 Å². The predicted molar refractivity (Wildman–Crippen MR) is 134 cm³/mol. The summed E-state index contributed by atoms with van der Waals surface area (Å²) in [6.45, 7) is 13.2. The van der Waals surface area contributed by atoms with E-state index in [1.165, 1.54) is 22.9 Å². The van der Waals surface area contributed by atoms with Gasteiger partial charge in [-0.15, -0.1) is 16.8 Å². The van der Waals surface area contributed by atoms with Crippen molar-refractivity contribution >= 4 is 17.7 Å². The number of rotatable bonds is 11. The van der Waals surface area contributed by atoms with Gasteiger partial charge in [0.05, 0.1) is 5.75 Å². The average molecular weight is 465 g/mol. The van der Waals surface area contributed by atoms with E-state index in [0.717, 1.165) is 11.3 Å². The topological polar surface area (TPSA) is 69.0 Å². The lowest BCUT2D eigenvalue weighted by Crippen LogP contribution is -2.24. The van der Waals surface area contributed by atoms with Gasteiger partial charge >= 0.3 is 0 Å². The summed E-state index contributed by atoms with van der Waals surface area (Å²) in [5.74, 6) is 2.16. The number of nitrogens with zero attached hydrogens (tertiary/aromatic N) is 3. The lowest BCUT2D eigenvalue weighted by molar-refractivity contribution is -0.118. The highest BCUT2D eigenvalue weighted by Gasteiger charge is 2.20. The minimum atomic E-state index is -0.299. The Labute approximate surface area is 200 Å². The fourth-order valence-electron chi connectivity index (χ4n) is 3.28. The molecule has 33 heavy (non-hydrogen) atoms. The number of aryl methyl sites for hydroxylation is 1. The van der Waals surface area contributed by atoms with E-state index in [2.05, 4.69) is 48.1 Å². The molecule has 2 aromatic carbocycles. The zero-order valence-corrected chi connectivity index (χ0v) is 20.6. The van der Waals surface area contributed by atoms with Crippen LogP contribution in [0.4, 0.5) is 0 Å². The molecule has 3 aromatic rings. The first-order chi connectivity index (χ1) is 15.9. The second-order valence-corrected chi connectivity index (χ2v) is 9.22. The molecule has 0 saturated heterocycles. The van der Waals surface area contributed by atoms with Crippen molar-refractivity contribution in [2.45, 2.75) is 58.0 Å². The summed E-state index contributed by atoms with van der Waals surface area (Å²) in [5, 5.41) is 12.3. The Morgan fingerprint density at radius 3 is 2.45 bits per heavy atom. The number of aromatic nitrogens is 3. The largest absolute Gasteiger partial charge is 0.483 e. The highest BCUT2D eigenvalue weighted by molar-refractivity contribution is 7.99. The Hall–Kier alpha value is -3.06. The summed E-state index contributed by atoms with van der Waals surface area (Å²) >= 11 is 1.36. The minimum absolute atomic E-state index is 0.0511. The Kier molecular flexibility index (Phi) is 8.72. The summed E-state index contributed by atoms with van der Waals surface area (Å²) in [6, 6.07) is 16.2. The van der Waals surface area contributed by atoms with Crippen molar-refractivity contribution in [3.8, 4) is 5.75 Å². The van der Waals surface area contributed by atoms with Crippen LogP contribution in [0.2, 0.25) is 0 Å². The van der Waals surface area contributed by atoms with E-state index in [-0.39, 0.29) is 17.8 Å². The van der Waals surface area contributed by atoms with E-state index in [1.54, 1.807) is 6.08 Å². The van der Waals surface area contributed by atoms with E-state index < -0.39 is 0 Å². The number of hydrogen-bond acceptors (Lipinski definition) is 5. The van der Waals surface area contributed by atoms with Gasteiger partial charge in [0.15, 0.2) is 17.1 Å². The molecule has 0 radical (unpaired) electrons. The van der Waals surface area contributed by atoms with Gasteiger partial charge in [0.25, 0.3) is 0 Å². The SMILES string of the molecule is C=CCn1c(SCC(=O)NCc2ccc(C)cc2)nnc1C(C)Oc1ccc(C(C)C)cc1. The fourth-order valence-corrected chi connectivity index (χ4v) is 4.07. The van der Waals surface area contributed by atoms with Gasteiger partial charge in [0, 0.05) is 13.1 Å². The quantitative estimate of drug-likeness (QED) is 0.302. The van der Waals surface area contributed by atoms with E-state index >= 15 is 0 Å². The molecule has 0 aliphatic carbocycles. The Balaban J connectivity index is 1.60. The van der Waals surface area contributed by atoms with Crippen LogP contribution < -0.4 is 10.1 Å². The van der Waals surface area contributed by atoms with Crippen molar-refractivity contribution in [2.24, 2.45) is 0 Å². The van der Waals surface area contributed by atoms with Crippen molar-refractivity contribution in [2.75, 3.05) is 5.75 Å². The predicted octanol–water partition coefficient (Wildman–Crippen LogP) is 5.44. The average Bonchev–Trinajstić information content (AvgIpc) is 3.20. The number of carbonyl (C=O) groups is 1. The molecule has 0 bridgehead atoms. The highest BCUT2D eigenvalue weighted by Crippen LogP contribution is 2.26. The fraction of sp³-hybridized carbons (Fsp3) is 0.346. The lowest BCUT2D eigenvalue weighted by Gasteiger charge is -2.16. The zero-order chi connectivity index (χ0) is 23.8. The summed E-state index contributed by atoms with van der Waals surface area (Å²) < 4.78 is 8.05. The van der Waals surface area contributed by atoms with Gasteiger partial charge in [-0.1, -0.05) is 73.6 Å². The zero-order valence-electron chi connectivity index (χ0n) is 19.7. The van der Waals surface area contributed by atoms with Gasteiger partial charge in [-0.25, -0.2) is 0 Å². The van der Waals surface area contributed by atoms with Gasteiger partial charge < -0.3 is 10.1 Å². The number of benzene rings is 2. The van der Waals surface area contributed by atoms with Crippen LogP contribution in [0.5, 0.6) is 5.75 Å². The maximum Gasteiger partial charge on any atom is 0.230 e. The van der Waals surface area contributed by atoms with Crippen LogP contribution in [0.15, 0.2) is 66.3 Å². The maximum atomic E-state index is 12.3. The van der Waals surface area contributed by atoms with E-state index in [9.17, 15) is 4.79 Å². The Bertz CT molecular complexity index is 1060. The molecule has 0 fully saturated rings. The number of carbonyl (C=O) groups excluding carboxylic acids is 1. The van der Waals surface area contributed by atoms with Crippen molar-refractivity contribution in [1.29, 1.82) is 0 Å². The van der Waals surface area contributed by atoms with Crippen LogP contribution in [0.3, 0.4) is 0 Å². The summed E-state index contributed by atoms with van der Waals surface area (Å²) in [5.41, 5.74) is 3.54. The Morgan fingerprint density at radius 1 is 1.12 bits per heavy atom. The summed E-state index contributed by atoms with van der Waals surface area (Å²) in [6.07, 6.45) is 1.49. The molecule has 6 nitrogen and oxygen atoms in total. The maximum absolute atomic E-state index is 12.3. The van der Waals surface area contributed by atoms with Crippen molar-refractivity contribution in [3.63, 3.8) is 0 Å². The number of allylic oxidation sites excluding steroid dienone is 1. The third-order valence-corrected chi connectivity index (χ3v) is 6.19. The number of hydrogen-bond donors (Lipinski definition) is 1. The molecular formula is C26H32N4O2S. The van der Waals surface area contributed by atoms with Gasteiger partial charge in [0.1, 0.15) is 5.75 Å². The molecule has 3 rings (SSSR count). The van der Waals surface area contributed by atoms with Gasteiger partial charge in [0.2, 0.25) is 5.91 Å². The standard InChI is InChI=1S/C26H32N4O2S/c1-6-15-30-25(20(5)32-23-13-11-22(12-14-23)18(2)3)28-29-26(30)33-17-24(31)27-16-21-9-7-19(4)8-10-21/h6-14,18,20H,1,15-17H2,2-5H3,(H,27,31). The second kappa shape index (κ2) is 11.7. The number of nitrogens with one attached hydrogen (secondary N) is 1. The smallest absolute Gasteiger partial charge is 0.230 e.